The van der Waals surface area contributed by atoms with E-state index >= 15 is 0 Å². The molecule has 1 atom stereocenters. The number of hydrogen-bond acceptors (Lipinski definition) is 4. The van der Waals surface area contributed by atoms with Gasteiger partial charge in [-0.1, -0.05) is 12.1 Å². The summed E-state index contributed by atoms with van der Waals surface area (Å²) in [5, 5.41) is 5.95. The van der Waals surface area contributed by atoms with Crippen molar-refractivity contribution >= 4 is 5.91 Å². The molecule has 1 rings (SSSR count). The summed E-state index contributed by atoms with van der Waals surface area (Å²) in [7, 11) is 1.86. The second kappa shape index (κ2) is 9.34. The van der Waals surface area contributed by atoms with E-state index in [4.69, 9.17) is 9.47 Å². The molecule has 1 unspecified atom stereocenters. The highest BCUT2D eigenvalue weighted by Crippen LogP contribution is 2.17. The van der Waals surface area contributed by atoms with E-state index < -0.39 is 0 Å². The first-order valence-corrected chi connectivity index (χ1v) is 6.94. The molecule has 2 N–H and O–H groups in total. The molecule has 0 aromatic heterocycles. The third-order valence-electron chi connectivity index (χ3n) is 2.88. The van der Waals surface area contributed by atoms with Gasteiger partial charge in [0, 0.05) is 19.2 Å². The highest BCUT2D eigenvalue weighted by atomic mass is 16.5. The van der Waals surface area contributed by atoms with Gasteiger partial charge in [-0.3, -0.25) is 4.79 Å². The van der Waals surface area contributed by atoms with Crippen molar-refractivity contribution in [2.45, 2.75) is 19.9 Å². The van der Waals surface area contributed by atoms with E-state index in [9.17, 15) is 4.79 Å². The predicted molar refractivity (Wildman–Crippen MR) is 79.3 cm³/mol. The Morgan fingerprint density at radius 3 is 2.75 bits per heavy atom. The Labute approximate surface area is 120 Å². The van der Waals surface area contributed by atoms with E-state index in [1.54, 1.807) is 12.1 Å². The maximum Gasteiger partial charge on any atom is 0.255 e. The van der Waals surface area contributed by atoms with Crippen LogP contribution in [0.1, 0.15) is 24.2 Å². The Morgan fingerprint density at radius 2 is 2.05 bits per heavy atom. The van der Waals surface area contributed by atoms with Gasteiger partial charge in [-0.15, -0.1) is 0 Å². The molecule has 5 nitrogen and oxygen atoms in total. The van der Waals surface area contributed by atoms with E-state index in [0.717, 1.165) is 0 Å². The number of benzene rings is 1. The lowest BCUT2D eigenvalue weighted by molar-refractivity contribution is 0.0933. The van der Waals surface area contributed by atoms with Crippen LogP contribution in [0.4, 0.5) is 0 Å². The molecule has 0 saturated heterocycles. The third-order valence-corrected chi connectivity index (χ3v) is 2.88. The summed E-state index contributed by atoms with van der Waals surface area (Å²) >= 11 is 0. The molecule has 0 heterocycles. The molecule has 0 saturated carbocycles. The normalized spacial score (nSPS) is 11.9. The highest BCUT2D eigenvalue weighted by molar-refractivity contribution is 5.96. The lowest BCUT2D eigenvalue weighted by Crippen LogP contribution is -2.37. The molecular formula is C15H24N2O3. The summed E-state index contributed by atoms with van der Waals surface area (Å²) in [5.74, 6) is 0.459. The van der Waals surface area contributed by atoms with Crippen molar-refractivity contribution in [2.75, 3.05) is 33.4 Å². The van der Waals surface area contributed by atoms with Crippen molar-refractivity contribution in [3.05, 3.63) is 29.8 Å². The van der Waals surface area contributed by atoms with Gasteiger partial charge in [0.15, 0.2) is 0 Å². The molecule has 112 valence electrons. The first-order chi connectivity index (χ1) is 9.69. The van der Waals surface area contributed by atoms with Gasteiger partial charge < -0.3 is 20.1 Å². The molecule has 0 aliphatic heterocycles. The average Bonchev–Trinajstić information content (AvgIpc) is 2.49. The highest BCUT2D eigenvalue weighted by Gasteiger charge is 2.12. The molecule has 0 aliphatic rings. The number of carbonyl (C=O) groups excluding carboxylic acids is 1. The van der Waals surface area contributed by atoms with Gasteiger partial charge in [0.1, 0.15) is 12.4 Å². The minimum Gasteiger partial charge on any atom is -0.490 e. The monoisotopic (exact) mass is 280 g/mol. The molecule has 1 amide bonds. The van der Waals surface area contributed by atoms with Gasteiger partial charge in [-0.05, 0) is 33.0 Å². The summed E-state index contributed by atoms with van der Waals surface area (Å²) in [4.78, 5) is 12.1. The topological polar surface area (TPSA) is 59.6 Å². The van der Waals surface area contributed by atoms with E-state index in [2.05, 4.69) is 10.6 Å². The Hall–Kier alpha value is -1.59. The molecule has 0 fully saturated rings. The number of ether oxygens (including phenoxy) is 2. The number of carbonyl (C=O) groups is 1. The SMILES string of the molecule is CCOCCOc1ccccc1C(=O)NCC(C)NC. The van der Waals surface area contributed by atoms with Crippen molar-refractivity contribution in [1.29, 1.82) is 0 Å². The van der Waals surface area contributed by atoms with Gasteiger partial charge >= 0.3 is 0 Å². The van der Waals surface area contributed by atoms with Crippen LogP contribution >= 0.6 is 0 Å². The zero-order valence-electron chi connectivity index (χ0n) is 12.4. The average molecular weight is 280 g/mol. The van der Waals surface area contributed by atoms with Crippen LogP contribution in [0.5, 0.6) is 5.75 Å². The van der Waals surface area contributed by atoms with E-state index in [1.807, 2.05) is 33.0 Å². The van der Waals surface area contributed by atoms with Crippen molar-refractivity contribution in [3.63, 3.8) is 0 Å². The van der Waals surface area contributed by atoms with E-state index in [0.29, 0.717) is 37.7 Å². The lowest BCUT2D eigenvalue weighted by atomic mass is 10.2. The lowest BCUT2D eigenvalue weighted by Gasteiger charge is -2.14. The fourth-order valence-electron chi connectivity index (χ4n) is 1.58. The number of rotatable bonds is 9. The third kappa shape index (κ3) is 5.59. The first kappa shape index (κ1) is 16.5. The van der Waals surface area contributed by atoms with Gasteiger partial charge in [0.05, 0.1) is 12.2 Å². The maximum absolute atomic E-state index is 12.1. The van der Waals surface area contributed by atoms with Crippen molar-refractivity contribution in [2.24, 2.45) is 0 Å². The quantitative estimate of drug-likeness (QED) is 0.672. The molecule has 0 bridgehead atoms. The molecule has 0 spiro atoms. The summed E-state index contributed by atoms with van der Waals surface area (Å²) in [6.45, 7) is 6.12. The summed E-state index contributed by atoms with van der Waals surface area (Å²) in [6, 6.07) is 7.46. The van der Waals surface area contributed by atoms with Crippen molar-refractivity contribution in [1.82, 2.24) is 10.6 Å². The van der Waals surface area contributed by atoms with Crippen molar-refractivity contribution in [3.8, 4) is 5.75 Å². The van der Waals surface area contributed by atoms with E-state index in [-0.39, 0.29) is 11.9 Å². The zero-order chi connectivity index (χ0) is 14.8. The number of likely N-dealkylation sites (N-methyl/N-ethyl adjacent to an activating group) is 1. The molecule has 1 aromatic carbocycles. The van der Waals surface area contributed by atoms with Crippen LogP contribution in [0.2, 0.25) is 0 Å². The molecule has 1 aromatic rings. The van der Waals surface area contributed by atoms with Crippen LogP contribution in [0, 0.1) is 0 Å². The van der Waals surface area contributed by atoms with Gasteiger partial charge in [0.25, 0.3) is 5.91 Å². The number of hydrogen-bond donors (Lipinski definition) is 2. The minimum absolute atomic E-state index is 0.126. The zero-order valence-corrected chi connectivity index (χ0v) is 12.4. The van der Waals surface area contributed by atoms with E-state index in [1.165, 1.54) is 0 Å². The Bertz CT molecular complexity index is 410. The number of para-hydroxylation sites is 1. The van der Waals surface area contributed by atoms with Crippen LogP contribution in [0.25, 0.3) is 0 Å². The Kier molecular flexibility index (Phi) is 7.69. The second-order valence-corrected chi connectivity index (χ2v) is 4.44. The fourth-order valence-corrected chi connectivity index (χ4v) is 1.58. The van der Waals surface area contributed by atoms with Gasteiger partial charge in [-0.25, -0.2) is 0 Å². The van der Waals surface area contributed by atoms with Crippen LogP contribution in [-0.2, 0) is 4.74 Å². The summed E-state index contributed by atoms with van der Waals surface area (Å²) in [6.07, 6.45) is 0. The fraction of sp³-hybridized carbons (Fsp3) is 0.533. The molecule has 20 heavy (non-hydrogen) atoms. The Morgan fingerprint density at radius 1 is 1.30 bits per heavy atom. The maximum atomic E-state index is 12.1. The molecule has 0 aliphatic carbocycles. The molecule has 5 heteroatoms. The minimum atomic E-state index is -0.126. The predicted octanol–water partition coefficient (Wildman–Crippen LogP) is 1.44. The van der Waals surface area contributed by atoms with Crippen LogP contribution in [0.3, 0.4) is 0 Å². The molecule has 0 radical (unpaired) electrons. The Balaban J connectivity index is 2.57. The number of nitrogens with one attached hydrogen (secondary N) is 2. The second-order valence-electron chi connectivity index (χ2n) is 4.44. The summed E-state index contributed by atoms with van der Waals surface area (Å²) < 4.78 is 10.8. The standard InChI is InChI=1S/C15H24N2O3/c1-4-19-9-10-20-14-8-6-5-7-13(14)15(18)17-11-12(2)16-3/h5-8,12,16H,4,9-11H2,1-3H3,(H,17,18). The van der Waals surface area contributed by atoms with Crippen LogP contribution in [0.15, 0.2) is 24.3 Å². The van der Waals surface area contributed by atoms with Crippen molar-refractivity contribution < 1.29 is 14.3 Å². The summed E-state index contributed by atoms with van der Waals surface area (Å²) in [5.41, 5.74) is 0.548. The van der Waals surface area contributed by atoms with Crippen LogP contribution in [-0.4, -0.2) is 45.4 Å². The van der Waals surface area contributed by atoms with Crippen LogP contribution < -0.4 is 15.4 Å². The van der Waals surface area contributed by atoms with Gasteiger partial charge in [-0.2, -0.15) is 0 Å². The smallest absolute Gasteiger partial charge is 0.255 e. The molecular weight excluding hydrogens is 256 g/mol. The van der Waals surface area contributed by atoms with Gasteiger partial charge in [0.2, 0.25) is 0 Å². The largest absolute Gasteiger partial charge is 0.490 e. The first-order valence-electron chi connectivity index (χ1n) is 6.94. The number of amides is 1.